The molecule has 5 heteroatoms. The first-order valence-corrected chi connectivity index (χ1v) is 8.38. The van der Waals surface area contributed by atoms with Gasteiger partial charge >= 0.3 is 0 Å². The van der Waals surface area contributed by atoms with Crippen LogP contribution in [0.25, 0.3) is 0 Å². The summed E-state index contributed by atoms with van der Waals surface area (Å²) in [5.74, 6) is 0.208. The zero-order valence-electron chi connectivity index (χ0n) is 13.3. The minimum atomic E-state index is 0.208. The van der Waals surface area contributed by atoms with Gasteiger partial charge in [-0.1, -0.05) is 23.7 Å². The Kier molecular flexibility index (Phi) is 5.02. The van der Waals surface area contributed by atoms with Crippen molar-refractivity contribution in [2.75, 3.05) is 16.8 Å². The second-order valence-corrected chi connectivity index (χ2v) is 6.24. The number of benzene rings is 2. The van der Waals surface area contributed by atoms with E-state index in [2.05, 4.69) is 5.32 Å². The zero-order chi connectivity index (χ0) is 16.9. The lowest BCUT2D eigenvalue weighted by Gasteiger charge is -2.26. The van der Waals surface area contributed by atoms with E-state index in [0.717, 1.165) is 36.3 Å². The second-order valence-electron chi connectivity index (χ2n) is 5.83. The molecule has 122 valence electrons. The summed E-state index contributed by atoms with van der Waals surface area (Å²) >= 11 is 6.03. The predicted octanol–water partition coefficient (Wildman–Crippen LogP) is 4.34. The van der Waals surface area contributed by atoms with E-state index in [4.69, 9.17) is 16.9 Å². The normalized spacial score (nSPS) is 14.3. The number of rotatable bonds is 4. The van der Waals surface area contributed by atoms with Crippen LogP contribution in [0.1, 0.15) is 30.4 Å². The standard InChI is InChI=1S/C19H18ClN3O/c20-18-11-16(7-6-15(18)12-21)22-13-14-4-8-17(9-5-14)23-10-2-1-3-19(23)24/h4-9,11,22H,1-3,10,13H2. The lowest BCUT2D eigenvalue weighted by molar-refractivity contribution is -0.119. The Hall–Kier alpha value is -2.51. The van der Waals surface area contributed by atoms with Crippen molar-refractivity contribution >= 4 is 28.9 Å². The molecule has 1 N–H and O–H groups in total. The minimum Gasteiger partial charge on any atom is -0.381 e. The molecule has 0 saturated carbocycles. The number of nitrogens with one attached hydrogen (secondary N) is 1. The van der Waals surface area contributed by atoms with Gasteiger partial charge < -0.3 is 10.2 Å². The largest absolute Gasteiger partial charge is 0.381 e. The molecule has 0 unspecified atom stereocenters. The second kappa shape index (κ2) is 7.37. The van der Waals surface area contributed by atoms with Gasteiger partial charge in [0.2, 0.25) is 5.91 Å². The van der Waals surface area contributed by atoms with Crippen molar-refractivity contribution in [1.29, 1.82) is 5.26 Å². The van der Waals surface area contributed by atoms with E-state index in [1.807, 2.05) is 41.3 Å². The molecule has 1 amide bonds. The van der Waals surface area contributed by atoms with Gasteiger partial charge in [0, 0.05) is 30.9 Å². The number of amides is 1. The Bertz CT molecular complexity index is 780. The molecule has 2 aromatic carbocycles. The lowest BCUT2D eigenvalue weighted by Crippen LogP contribution is -2.35. The maximum Gasteiger partial charge on any atom is 0.226 e. The van der Waals surface area contributed by atoms with Gasteiger partial charge in [-0.25, -0.2) is 0 Å². The fraction of sp³-hybridized carbons (Fsp3) is 0.263. The van der Waals surface area contributed by atoms with Crippen molar-refractivity contribution in [2.45, 2.75) is 25.8 Å². The van der Waals surface area contributed by atoms with Crippen molar-refractivity contribution in [1.82, 2.24) is 0 Å². The van der Waals surface area contributed by atoms with Gasteiger partial charge in [0.25, 0.3) is 0 Å². The average molecular weight is 340 g/mol. The number of anilines is 2. The maximum atomic E-state index is 12.0. The Morgan fingerprint density at radius 1 is 1.17 bits per heavy atom. The number of hydrogen-bond donors (Lipinski definition) is 1. The molecule has 0 radical (unpaired) electrons. The van der Waals surface area contributed by atoms with Gasteiger partial charge in [-0.3, -0.25) is 4.79 Å². The smallest absolute Gasteiger partial charge is 0.226 e. The first-order chi connectivity index (χ1) is 11.7. The SMILES string of the molecule is N#Cc1ccc(NCc2ccc(N3CCCCC3=O)cc2)cc1Cl. The monoisotopic (exact) mass is 339 g/mol. The van der Waals surface area contributed by atoms with Gasteiger partial charge in [-0.05, 0) is 48.7 Å². The van der Waals surface area contributed by atoms with Crippen LogP contribution in [-0.2, 0) is 11.3 Å². The van der Waals surface area contributed by atoms with Crippen LogP contribution in [0.15, 0.2) is 42.5 Å². The van der Waals surface area contributed by atoms with E-state index in [1.54, 1.807) is 12.1 Å². The van der Waals surface area contributed by atoms with Gasteiger partial charge in [0.1, 0.15) is 6.07 Å². The topological polar surface area (TPSA) is 56.1 Å². The summed E-state index contributed by atoms with van der Waals surface area (Å²) in [6.07, 6.45) is 2.70. The molecule has 1 saturated heterocycles. The molecule has 1 aliphatic heterocycles. The van der Waals surface area contributed by atoms with Crippen molar-refractivity contribution in [3.8, 4) is 6.07 Å². The van der Waals surface area contributed by atoms with Gasteiger partial charge in [-0.2, -0.15) is 5.26 Å². The maximum absolute atomic E-state index is 12.0. The summed E-state index contributed by atoms with van der Waals surface area (Å²) in [7, 11) is 0. The summed E-state index contributed by atoms with van der Waals surface area (Å²) in [5, 5.41) is 12.6. The molecule has 0 aromatic heterocycles. The molecule has 1 fully saturated rings. The summed E-state index contributed by atoms with van der Waals surface area (Å²) in [6, 6.07) is 15.4. The number of nitrogens with zero attached hydrogens (tertiary/aromatic N) is 2. The fourth-order valence-corrected chi connectivity index (χ4v) is 3.02. The third-order valence-electron chi connectivity index (χ3n) is 4.16. The van der Waals surface area contributed by atoms with E-state index < -0.39 is 0 Å². The van der Waals surface area contributed by atoms with Crippen LogP contribution < -0.4 is 10.2 Å². The molecule has 3 rings (SSSR count). The summed E-state index contributed by atoms with van der Waals surface area (Å²) < 4.78 is 0. The quantitative estimate of drug-likeness (QED) is 0.901. The third-order valence-corrected chi connectivity index (χ3v) is 4.47. The summed E-state index contributed by atoms with van der Waals surface area (Å²) in [4.78, 5) is 13.8. The zero-order valence-corrected chi connectivity index (χ0v) is 14.0. The van der Waals surface area contributed by atoms with Crippen molar-refractivity contribution in [2.24, 2.45) is 0 Å². The van der Waals surface area contributed by atoms with Gasteiger partial charge in [0.15, 0.2) is 0 Å². The fourth-order valence-electron chi connectivity index (χ4n) is 2.79. The summed E-state index contributed by atoms with van der Waals surface area (Å²) in [6.45, 7) is 1.45. The molecule has 0 aliphatic carbocycles. The number of carbonyl (C=O) groups excluding carboxylic acids is 1. The highest BCUT2D eigenvalue weighted by Crippen LogP contribution is 2.23. The van der Waals surface area contributed by atoms with Crippen molar-refractivity contribution in [3.63, 3.8) is 0 Å². The molecule has 2 aromatic rings. The van der Waals surface area contributed by atoms with Crippen LogP contribution in [0.5, 0.6) is 0 Å². The Labute approximate surface area is 146 Å². The molecule has 1 aliphatic rings. The van der Waals surface area contributed by atoms with Gasteiger partial charge in [0.05, 0.1) is 10.6 Å². The molecule has 0 bridgehead atoms. The highest BCUT2D eigenvalue weighted by molar-refractivity contribution is 6.32. The number of nitriles is 1. The molecule has 1 heterocycles. The van der Waals surface area contributed by atoms with Crippen LogP contribution in [-0.4, -0.2) is 12.5 Å². The lowest BCUT2D eigenvalue weighted by atomic mass is 10.1. The predicted molar refractivity (Wildman–Crippen MR) is 96.1 cm³/mol. The first-order valence-electron chi connectivity index (χ1n) is 8.00. The minimum absolute atomic E-state index is 0.208. The van der Waals surface area contributed by atoms with Crippen LogP contribution >= 0.6 is 11.6 Å². The highest BCUT2D eigenvalue weighted by atomic mass is 35.5. The van der Waals surface area contributed by atoms with E-state index in [1.165, 1.54) is 0 Å². The van der Waals surface area contributed by atoms with Crippen LogP contribution in [0.2, 0.25) is 5.02 Å². The molecule has 4 nitrogen and oxygen atoms in total. The number of carbonyl (C=O) groups is 1. The van der Waals surface area contributed by atoms with Crippen molar-refractivity contribution in [3.05, 3.63) is 58.6 Å². The highest BCUT2D eigenvalue weighted by Gasteiger charge is 2.19. The number of hydrogen-bond acceptors (Lipinski definition) is 3. The first kappa shape index (κ1) is 16.4. The molecular formula is C19H18ClN3O. The van der Waals surface area contributed by atoms with Crippen LogP contribution in [0.3, 0.4) is 0 Å². The number of piperidine rings is 1. The van der Waals surface area contributed by atoms with E-state index in [9.17, 15) is 4.79 Å². The number of halogens is 1. The molecular weight excluding hydrogens is 322 g/mol. The molecule has 0 atom stereocenters. The molecule has 24 heavy (non-hydrogen) atoms. The van der Waals surface area contributed by atoms with Gasteiger partial charge in [-0.15, -0.1) is 0 Å². The van der Waals surface area contributed by atoms with Crippen molar-refractivity contribution < 1.29 is 4.79 Å². The summed E-state index contributed by atoms with van der Waals surface area (Å²) in [5.41, 5.74) is 3.42. The van der Waals surface area contributed by atoms with E-state index in [0.29, 0.717) is 23.6 Å². The Balaban J connectivity index is 1.63. The van der Waals surface area contributed by atoms with E-state index >= 15 is 0 Å². The third kappa shape index (κ3) is 3.69. The average Bonchev–Trinajstić information content (AvgIpc) is 2.61. The molecule has 0 spiro atoms. The van der Waals surface area contributed by atoms with Crippen LogP contribution in [0.4, 0.5) is 11.4 Å². The van der Waals surface area contributed by atoms with E-state index in [-0.39, 0.29) is 5.91 Å². The Morgan fingerprint density at radius 3 is 2.62 bits per heavy atom. The Morgan fingerprint density at radius 2 is 1.96 bits per heavy atom. The van der Waals surface area contributed by atoms with Crippen LogP contribution in [0, 0.1) is 11.3 Å².